The molecule has 0 aliphatic carbocycles. The minimum Gasteiger partial charge on any atom is -0.392 e. The summed E-state index contributed by atoms with van der Waals surface area (Å²) >= 11 is 11.9. The second-order valence-corrected chi connectivity index (χ2v) is 7.78. The van der Waals surface area contributed by atoms with Crippen LogP contribution in [0.2, 0.25) is 10.0 Å². The van der Waals surface area contributed by atoms with E-state index in [1.807, 2.05) is 0 Å². The molecule has 118 valence electrons. The molecule has 1 N–H and O–H groups in total. The molecule has 1 aliphatic heterocycles. The summed E-state index contributed by atoms with van der Waals surface area (Å²) < 4.78 is 31.8. The molecule has 1 aromatic carbocycles. The van der Waals surface area contributed by atoms with E-state index < -0.39 is 10.0 Å². The molecule has 1 unspecified atom stereocenters. The van der Waals surface area contributed by atoms with Gasteiger partial charge in [-0.25, -0.2) is 8.42 Å². The number of sulfonamides is 1. The second kappa shape index (κ2) is 6.81. The number of ether oxygens (including phenoxy) is 1. The summed E-state index contributed by atoms with van der Waals surface area (Å²) in [5, 5.41) is 9.49. The third-order valence-electron chi connectivity index (χ3n) is 3.44. The van der Waals surface area contributed by atoms with Crippen LogP contribution in [0, 0.1) is 0 Å². The highest BCUT2D eigenvalue weighted by molar-refractivity contribution is 7.89. The van der Waals surface area contributed by atoms with E-state index in [4.69, 9.17) is 27.9 Å². The molecule has 1 fully saturated rings. The molecule has 0 spiro atoms. The van der Waals surface area contributed by atoms with Gasteiger partial charge in [0, 0.05) is 25.2 Å². The standard InChI is InChI=1S/C13H17Cl2NO4S/c1-16(7-10-3-2-4-20-10)21(18,19)13-5-9(8-17)11(14)6-12(13)15/h5-6,10,17H,2-4,7-8H2,1H3. The Labute approximate surface area is 134 Å². The Hall–Kier alpha value is -0.370. The number of aliphatic hydroxyl groups is 1. The van der Waals surface area contributed by atoms with E-state index in [1.54, 1.807) is 0 Å². The highest BCUT2D eigenvalue weighted by Crippen LogP contribution is 2.30. The molecular formula is C13H17Cl2NO4S. The number of hydrogen-bond acceptors (Lipinski definition) is 4. The molecule has 1 saturated heterocycles. The van der Waals surface area contributed by atoms with Gasteiger partial charge in [-0.2, -0.15) is 4.31 Å². The molecule has 1 atom stereocenters. The fourth-order valence-corrected chi connectivity index (χ4v) is 4.26. The molecular weight excluding hydrogens is 337 g/mol. The monoisotopic (exact) mass is 353 g/mol. The van der Waals surface area contributed by atoms with Crippen molar-refractivity contribution >= 4 is 33.2 Å². The van der Waals surface area contributed by atoms with E-state index in [0.717, 1.165) is 12.8 Å². The van der Waals surface area contributed by atoms with Gasteiger partial charge < -0.3 is 9.84 Å². The van der Waals surface area contributed by atoms with Crippen molar-refractivity contribution in [1.82, 2.24) is 4.31 Å². The molecule has 0 radical (unpaired) electrons. The first-order chi connectivity index (χ1) is 9.86. The Bertz CT molecular complexity index is 615. The lowest BCUT2D eigenvalue weighted by Gasteiger charge is -2.21. The Balaban J connectivity index is 2.29. The van der Waals surface area contributed by atoms with Crippen molar-refractivity contribution in [2.45, 2.75) is 30.4 Å². The summed E-state index contributed by atoms with van der Waals surface area (Å²) in [6.45, 7) is 0.582. The maximum Gasteiger partial charge on any atom is 0.244 e. The zero-order valence-corrected chi connectivity index (χ0v) is 13.9. The van der Waals surface area contributed by atoms with Crippen LogP contribution in [0.3, 0.4) is 0 Å². The fourth-order valence-electron chi connectivity index (χ4n) is 2.23. The minimum absolute atomic E-state index is 0.0383. The first kappa shape index (κ1) is 17.0. The minimum atomic E-state index is -3.75. The molecule has 1 aliphatic rings. The fraction of sp³-hybridized carbons (Fsp3) is 0.538. The normalized spacial score (nSPS) is 19.4. The quantitative estimate of drug-likeness (QED) is 0.881. The predicted molar refractivity (Wildman–Crippen MR) is 81.2 cm³/mol. The van der Waals surface area contributed by atoms with E-state index in [2.05, 4.69) is 0 Å². The van der Waals surface area contributed by atoms with E-state index in [9.17, 15) is 13.5 Å². The number of aliphatic hydroxyl groups excluding tert-OH is 1. The van der Waals surface area contributed by atoms with Crippen molar-refractivity contribution in [3.8, 4) is 0 Å². The van der Waals surface area contributed by atoms with Gasteiger partial charge in [0.05, 0.1) is 17.7 Å². The molecule has 1 heterocycles. The molecule has 0 bridgehead atoms. The smallest absolute Gasteiger partial charge is 0.244 e. The van der Waals surface area contributed by atoms with Crippen LogP contribution in [0.4, 0.5) is 0 Å². The van der Waals surface area contributed by atoms with Crippen LogP contribution < -0.4 is 0 Å². The van der Waals surface area contributed by atoms with Gasteiger partial charge in [0.15, 0.2) is 0 Å². The Morgan fingerprint density at radius 3 is 2.67 bits per heavy atom. The summed E-state index contributed by atoms with van der Waals surface area (Å²) in [4.78, 5) is -0.0573. The largest absolute Gasteiger partial charge is 0.392 e. The van der Waals surface area contributed by atoms with Gasteiger partial charge in [-0.1, -0.05) is 23.2 Å². The van der Waals surface area contributed by atoms with Gasteiger partial charge in [-0.3, -0.25) is 0 Å². The lowest BCUT2D eigenvalue weighted by atomic mass is 10.2. The van der Waals surface area contributed by atoms with Crippen molar-refractivity contribution < 1.29 is 18.3 Å². The van der Waals surface area contributed by atoms with Gasteiger partial charge >= 0.3 is 0 Å². The highest BCUT2D eigenvalue weighted by Gasteiger charge is 2.28. The first-order valence-electron chi connectivity index (χ1n) is 6.53. The van der Waals surface area contributed by atoms with Crippen LogP contribution in [0.5, 0.6) is 0 Å². The number of nitrogens with zero attached hydrogens (tertiary/aromatic N) is 1. The third kappa shape index (κ3) is 3.70. The van der Waals surface area contributed by atoms with Crippen molar-refractivity contribution in [2.75, 3.05) is 20.2 Å². The summed E-state index contributed by atoms with van der Waals surface area (Å²) in [6, 6.07) is 2.65. The molecule has 0 amide bonds. The Morgan fingerprint density at radius 2 is 2.10 bits per heavy atom. The van der Waals surface area contributed by atoms with E-state index in [0.29, 0.717) is 12.2 Å². The van der Waals surface area contributed by atoms with Crippen LogP contribution in [-0.4, -0.2) is 44.1 Å². The Kier molecular flexibility index (Phi) is 5.51. The van der Waals surface area contributed by atoms with Gasteiger partial charge in [0.2, 0.25) is 10.0 Å². The molecule has 5 nitrogen and oxygen atoms in total. The van der Waals surface area contributed by atoms with Gasteiger partial charge in [0.25, 0.3) is 0 Å². The molecule has 2 rings (SSSR count). The lowest BCUT2D eigenvalue weighted by molar-refractivity contribution is 0.0979. The average Bonchev–Trinajstić information content (AvgIpc) is 2.91. The van der Waals surface area contributed by atoms with E-state index in [1.165, 1.54) is 23.5 Å². The summed E-state index contributed by atoms with van der Waals surface area (Å²) in [5.74, 6) is 0. The highest BCUT2D eigenvalue weighted by atomic mass is 35.5. The molecule has 1 aromatic rings. The van der Waals surface area contributed by atoms with Gasteiger partial charge in [-0.05, 0) is 30.5 Å². The van der Waals surface area contributed by atoms with Crippen molar-refractivity contribution in [1.29, 1.82) is 0 Å². The number of rotatable bonds is 5. The number of hydrogen-bond donors (Lipinski definition) is 1. The van der Waals surface area contributed by atoms with Crippen LogP contribution in [0.1, 0.15) is 18.4 Å². The molecule has 0 aromatic heterocycles. The Morgan fingerprint density at radius 1 is 1.38 bits per heavy atom. The molecule has 8 heteroatoms. The number of likely N-dealkylation sites (N-methyl/N-ethyl adjacent to an activating group) is 1. The summed E-state index contributed by atoms with van der Waals surface area (Å²) in [5.41, 5.74) is 0.324. The van der Waals surface area contributed by atoms with Crippen molar-refractivity contribution in [3.05, 3.63) is 27.7 Å². The van der Waals surface area contributed by atoms with Gasteiger partial charge in [0.1, 0.15) is 4.90 Å². The van der Waals surface area contributed by atoms with Crippen molar-refractivity contribution in [2.24, 2.45) is 0 Å². The van der Waals surface area contributed by atoms with Crippen molar-refractivity contribution in [3.63, 3.8) is 0 Å². The first-order valence-corrected chi connectivity index (χ1v) is 8.72. The molecule has 21 heavy (non-hydrogen) atoms. The lowest BCUT2D eigenvalue weighted by Crippen LogP contribution is -2.34. The van der Waals surface area contributed by atoms with Crippen LogP contribution in [0.15, 0.2) is 17.0 Å². The van der Waals surface area contributed by atoms with Crippen LogP contribution in [-0.2, 0) is 21.4 Å². The van der Waals surface area contributed by atoms with E-state index in [-0.39, 0.29) is 34.2 Å². The maximum absolute atomic E-state index is 12.6. The van der Waals surface area contributed by atoms with E-state index >= 15 is 0 Å². The van der Waals surface area contributed by atoms with Crippen LogP contribution in [0.25, 0.3) is 0 Å². The number of halogens is 2. The maximum atomic E-state index is 12.6. The second-order valence-electron chi connectivity index (χ2n) is 4.95. The summed E-state index contributed by atoms with van der Waals surface area (Å²) in [7, 11) is -2.27. The SMILES string of the molecule is CN(CC1CCCO1)S(=O)(=O)c1cc(CO)c(Cl)cc1Cl. The molecule has 0 saturated carbocycles. The zero-order chi connectivity index (χ0) is 15.6. The topological polar surface area (TPSA) is 66.8 Å². The zero-order valence-electron chi connectivity index (χ0n) is 11.6. The van der Waals surface area contributed by atoms with Gasteiger partial charge in [-0.15, -0.1) is 0 Å². The predicted octanol–water partition coefficient (Wildman–Crippen LogP) is 2.29. The van der Waals surface area contributed by atoms with Crippen LogP contribution >= 0.6 is 23.2 Å². The summed E-state index contributed by atoms with van der Waals surface area (Å²) in [6.07, 6.45) is 1.69. The third-order valence-corrected chi connectivity index (χ3v) is 6.08. The number of benzene rings is 1. The average molecular weight is 354 g/mol.